The van der Waals surface area contributed by atoms with Crippen LogP contribution >= 0.6 is 31.9 Å². The lowest BCUT2D eigenvalue weighted by Gasteiger charge is -2.12. The van der Waals surface area contributed by atoms with E-state index in [9.17, 15) is 13.2 Å². The second kappa shape index (κ2) is 8.53. The van der Waals surface area contributed by atoms with Gasteiger partial charge in [-0.05, 0) is 34.1 Å². The van der Waals surface area contributed by atoms with E-state index < -0.39 is 12.1 Å². The Balaban J connectivity index is 2.87. The van der Waals surface area contributed by atoms with Crippen LogP contribution in [0.15, 0.2) is 44.8 Å². The van der Waals surface area contributed by atoms with Gasteiger partial charge in [-0.15, -0.1) is 0 Å². The Labute approximate surface area is 144 Å². The minimum atomic E-state index is -4.26. The van der Waals surface area contributed by atoms with E-state index in [1.807, 2.05) is 0 Å². The van der Waals surface area contributed by atoms with Gasteiger partial charge in [0.1, 0.15) is 5.75 Å². The molecule has 0 aliphatic heterocycles. The fraction of sp³-hybridized carbons (Fsp3) is 0.267. The summed E-state index contributed by atoms with van der Waals surface area (Å²) in [5.74, 6) is -1.08. The molecule has 0 N–H and O–H groups in total. The number of ether oxygens (including phenoxy) is 1. The molecule has 0 bridgehead atoms. The summed E-state index contributed by atoms with van der Waals surface area (Å²) in [6, 6.07) is 5.09. The van der Waals surface area contributed by atoms with Crippen molar-refractivity contribution < 1.29 is 17.9 Å². The van der Waals surface area contributed by atoms with E-state index in [1.165, 1.54) is 12.3 Å². The highest BCUT2D eigenvalue weighted by molar-refractivity contribution is 9.12. The molecule has 1 unspecified atom stereocenters. The third-order valence-corrected chi connectivity index (χ3v) is 3.28. The molecule has 120 valence electrons. The van der Waals surface area contributed by atoms with Crippen LogP contribution < -0.4 is 4.74 Å². The Kier molecular flexibility index (Phi) is 7.35. The Bertz CT molecular complexity index is 583. The Morgan fingerprint density at radius 1 is 1.45 bits per heavy atom. The van der Waals surface area contributed by atoms with Gasteiger partial charge < -0.3 is 4.74 Å². The van der Waals surface area contributed by atoms with Crippen molar-refractivity contribution in [2.24, 2.45) is 10.9 Å². The van der Waals surface area contributed by atoms with Crippen molar-refractivity contribution in [2.75, 3.05) is 6.73 Å². The molecule has 0 saturated carbocycles. The maximum absolute atomic E-state index is 12.5. The third-order valence-electron chi connectivity index (χ3n) is 2.58. The molecule has 0 radical (unpaired) electrons. The Hall–Kier alpha value is -1.08. The molecule has 1 aromatic rings. The first-order valence-electron chi connectivity index (χ1n) is 6.21. The maximum atomic E-state index is 12.5. The van der Waals surface area contributed by atoms with E-state index in [-0.39, 0.29) is 6.73 Å². The SMILES string of the molecule is C=C(Br)/C=N\COc1ccc(Br)cc1/C=C\C(C)C(F)(F)F. The highest BCUT2D eigenvalue weighted by Gasteiger charge is 2.33. The molecule has 1 aromatic carbocycles. The third kappa shape index (κ3) is 6.79. The molecule has 0 heterocycles. The molecule has 1 rings (SSSR count). The van der Waals surface area contributed by atoms with Crippen molar-refractivity contribution in [3.05, 3.63) is 45.4 Å². The van der Waals surface area contributed by atoms with E-state index in [4.69, 9.17) is 4.74 Å². The molecular weight excluding hydrogens is 427 g/mol. The van der Waals surface area contributed by atoms with Crippen molar-refractivity contribution in [1.29, 1.82) is 0 Å². The van der Waals surface area contributed by atoms with Crippen LogP contribution in [0.25, 0.3) is 6.08 Å². The lowest BCUT2D eigenvalue weighted by atomic mass is 10.1. The van der Waals surface area contributed by atoms with Crippen LogP contribution in [0.4, 0.5) is 13.2 Å². The summed E-state index contributed by atoms with van der Waals surface area (Å²) < 4.78 is 44.4. The summed E-state index contributed by atoms with van der Waals surface area (Å²) in [4.78, 5) is 3.95. The van der Waals surface area contributed by atoms with Crippen LogP contribution in [-0.2, 0) is 0 Å². The minimum Gasteiger partial charge on any atom is -0.471 e. The lowest BCUT2D eigenvalue weighted by molar-refractivity contribution is -0.156. The van der Waals surface area contributed by atoms with Crippen LogP contribution in [0.2, 0.25) is 0 Å². The molecule has 0 spiro atoms. The van der Waals surface area contributed by atoms with Crippen LogP contribution in [0.5, 0.6) is 5.75 Å². The number of hydrogen-bond acceptors (Lipinski definition) is 2. The van der Waals surface area contributed by atoms with Gasteiger partial charge in [0, 0.05) is 20.7 Å². The van der Waals surface area contributed by atoms with Crippen LogP contribution in [-0.4, -0.2) is 19.1 Å². The highest BCUT2D eigenvalue weighted by Crippen LogP contribution is 2.29. The molecule has 0 aromatic heterocycles. The number of nitrogens with zero attached hydrogens (tertiary/aromatic N) is 1. The van der Waals surface area contributed by atoms with Gasteiger partial charge in [-0.1, -0.05) is 41.6 Å². The molecule has 0 amide bonds. The second-order valence-electron chi connectivity index (χ2n) is 4.40. The standard InChI is InChI=1S/C15H14Br2F3NO/c1-10(15(18,19)20)3-4-12-7-13(17)5-6-14(12)22-9-21-8-11(2)16/h3-8,10H,2,9H2,1H3/b4-3-,21-8-. The van der Waals surface area contributed by atoms with Gasteiger partial charge in [0.05, 0.1) is 5.92 Å². The predicted octanol–water partition coefficient (Wildman–Crippen LogP) is 5.98. The topological polar surface area (TPSA) is 21.6 Å². The molecule has 22 heavy (non-hydrogen) atoms. The molecule has 0 aliphatic carbocycles. The normalized spacial score (nSPS) is 13.7. The zero-order valence-electron chi connectivity index (χ0n) is 11.7. The zero-order valence-corrected chi connectivity index (χ0v) is 14.9. The molecule has 1 atom stereocenters. The van der Waals surface area contributed by atoms with Crippen LogP contribution in [0, 0.1) is 5.92 Å². The number of alkyl halides is 3. The van der Waals surface area contributed by atoms with E-state index >= 15 is 0 Å². The quantitative estimate of drug-likeness (QED) is 0.499. The lowest BCUT2D eigenvalue weighted by Crippen LogP contribution is -2.17. The van der Waals surface area contributed by atoms with E-state index in [2.05, 4.69) is 43.4 Å². The largest absolute Gasteiger partial charge is 0.471 e. The molecule has 0 aliphatic rings. The highest BCUT2D eigenvalue weighted by atomic mass is 79.9. The van der Waals surface area contributed by atoms with Crippen LogP contribution in [0.1, 0.15) is 12.5 Å². The zero-order chi connectivity index (χ0) is 16.8. The summed E-state index contributed by atoms with van der Waals surface area (Å²) in [5, 5.41) is 0. The number of allylic oxidation sites excluding steroid dienone is 2. The van der Waals surface area contributed by atoms with Crippen molar-refractivity contribution in [1.82, 2.24) is 0 Å². The molecular formula is C15H14Br2F3NO. The van der Waals surface area contributed by atoms with Crippen LogP contribution in [0.3, 0.4) is 0 Å². The van der Waals surface area contributed by atoms with Gasteiger partial charge in [0.15, 0.2) is 6.73 Å². The van der Waals surface area contributed by atoms with Gasteiger partial charge in [0.25, 0.3) is 0 Å². The Morgan fingerprint density at radius 2 is 2.14 bits per heavy atom. The van der Waals surface area contributed by atoms with E-state index in [1.54, 1.807) is 18.2 Å². The number of halogens is 5. The predicted molar refractivity (Wildman–Crippen MR) is 90.4 cm³/mol. The molecule has 2 nitrogen and oxygen atoms in total. The van der Waals surface area contributed by atoms with Crippen molar-refractivity contribution in [3.63, 3.8) is 0 Å². The summed E-state index contributed by atoms with van der Waals surface area (Å²) in [6.45, 7) is 4.73. The summed E-state index contributed by atoms with van der Waals surface area (Å²) in [5.41, 5.74) is 0.540. The second-order valence-corrected chi connectivity index (χ2v) is 6.34. The van der Waals surface area contributed by atoms with Gasteiger partial charge in [-0.3, -0.25) is 4.99 Å². The summed E-state index contributed by atoms with van der Waals surface area (Å²) in [7, 11) is 0. The van der Waals surface area contributed by atoms with Crippen molar-refractivity contribution >= 4 is 44.2 Å². The number of aliphatic imine (C=N–C) groups is 1. The van der Waals surface area contributed by atoms with Gasteiger partial charge in [0.2, 0.25) is 0 Å². The van der Waals surface area contributed by atoms with Crippen molar-refractivity contribution in [2.45, 2.75) is 13.1 Å². The van der Waals surface area contributed by atoms with Gasteiger partial charge >= 0.3 is 6.18 Å². The summed E-state index contributed by atoms with van der Waals surface area (Å²) in [6.07, 6.45) is -0.284. The van der Waals surface area contributed by atoms with Crippen molar-refractivity contribution in [3.8, 4) is 5.75 Å². The maximum Gasteiger partial charge on any atom is 0.394 e. The number of rotatable bonds is 6. The first kappa shape index (κ1) is 19.0. The van der Waals surface area contributed by atoms with Gasteiger partial charge in [-0.25, -0.2) is 0 Å². The van der Waals surface area contributed by atoms with E-state index in [0.29, 0.717) is 15.8 Å². The molecule has 0 saturated heterocycles. The first-order chi connectivity index (χ1) is 10.2. The Morgan fingerprint density at radius 3 is 2.73 bits per heavy atom. The average Bonchev–Trinajstić information content (AvgIpc) is 2.41. The van der Waals surface area contributed by atoms with Gasteiger partial charge in [-0.2, -0.15) is 13.2 Å². The fourth-order valence-electron chi connectivity index (χ4n) is 1.38. The summed E-state index contributed by atoms with van der Waals surface area (Å²) >= 11 is 6.41. The minimum absolute atomic E-state index is 0.0436. The smallest absolute Gasteiger partial charge is 0.394 e. The molecule has 7 heteroatoms. The molecule has 0 fully saturated rings. The number of benzene rings is 1. The monoisotopic (exact) mass is 439 g/mol. The van der Waals surface area contributed by atoms with E-state index in [0.717, 1.165) is 17.5 Å². The first-order valence-corrected chi connectivity index (χ1v) is 7.80. The number of hydrogen-bond donors (Lipinski definition) is 0. The fourth-order valence-corrected chi connectivity index (χ4v) is 1.90. The average molecular weight is 441 g/mol.